The predicted octanol–water partition coefficient (Wildman–Crippen LogP) is 11.3. The summed E-state index contributed by atoms with van der Waals surface area (Å²) in [4.78, 5) is 72.9. The zero-order chi connectivity index (χ0) is 56.8. The predicted molar refractivity (Wildman–Crippen MR) is 301 cm³/mol. The molecule has 3 atom stereocenters. The first-order valence-electron chi connectivity index (χ1n) is 25.5. The van der Waals surface area contributed by atoms with Gasteiger partial charge in [0.15, 0.2) is 31.3 Å². The minimum absolute atomic E-state index is 0.0128. The molecule has 3 aromatic rings. The van der Waals surface area contributed by atoms with Crippen molar-refractivity contribution in [3.8, 4) is 23.0 Å². The summed E-state index contributed by atoms with van der Waals surface area (Å²) in [6.07, 6.45) is 2.96. The number of nitrogens with one attached hydrogen (secondary N) is 2. The number of anilines is 2. The number of ether oxygens (including phenoxy) is 6. The van der Waals surface area contributed by atoms with Crippen LogP contribution in [-0.2, 0) is 13.9 Å². The van der Waals surface area contributed by atoms with Gasteiger partial charge in [-0.3, -0.25) is 30.3 Å². The normalized spacial score (nSPS) is 16.2. The van der Waals surface area contributed by atoms with Crippen LogP contribution in [0.2, 0.25) is 18.1 Å². The molecule has 0 radical (unpaired) electrons. The number of benzene rings is 2. The summed E-state index contributed by atoms with van der Waals surface area (Å²) in [5, 5.41) is 27.1. The second-order valence-electron chi connectivity index (χ2n) is 21.5. The molecule has 3 N–H and O–H groups in total. The van der Waals surface area contributed by atoms with Gasteiger partial charge in [0.05, 0.1) is 86.8 Å². The lowest BCUT2D eigenvalue weighted by atomic mass is 10.1. The number of aromatic nitrogens is 1. The third-order valence-electron chi connectivity index (χ3n) is 13.1. The molecule has 0 spiro atoms. The maximum Gasteiger partial charge on any atom is 0.412 e. The van der Waals surface area contributed by atoms with Crippen molar-refractivity contribution < 1.29 is 62.1 Å². The molecule has 0 saturated carbocycles. The number of nitrogens with zero attached hydrogens (tertiary/aromatic N) is 4. The van der Waals surface area contributed by atoms with E-state index < -0.39 is 43.0 Å². The molecule has 23 heteroatoms. The van der Waals surface area contributed by atoms with E-state index in [-0.39, 0.29) is 106 Å². The highest BCUT2D eigenvalue weighted by atomic mass is 33.1. The highest BCUT2D eigenvalue weighted by molar-refractivity contribution is 8.76. The van der Waals surface area contributed by atoms with Crippen molar-refractivity contribution in [1.82, 2.24) is 14.8 Å². The van der Waals surface area contributed by atoms with Gasteiger partial charge >= 0.3 is 12.2 Å². The van der Waals surface area contributed by atoms with Crippen molar-refractivity contribution in [2.45, 2.75) is 133 Å². The minimum atomic E-state index is -2.17. The molecular weight excluding hydrogens is 1050 g/mol. The summed E-state index contributed by atoms with van der Waals surface area (Å²) < 4.78 is 41.5. The fraction of sp³-hybridized carbons (Fsp3) is 0.537. The monoisotopic (exact) mass is 1120 g/mol. The summed E-state index contributed by atoms with van der Waals surface area (Å²) in [6, 6.07) is 8.36. The number of amides is 4. The fourth-order valence-corrected chi connectivity index (χ4v) is 11.0. The molecule has 2 aliphatic heterocycles. The molecule has 422 valence electrons. The average Bonchev–Trinajstić information content (AvgIpc) is 3.94. The zero-order valence-electron chi connectivity index (χ0n) is 46.2. The van der Waals surface area contributed by atoms with Gasteiger partial charge in [-0.05, 0) is 106 Å². The lowest BCUT2D eigenvalue weighted by Gasteiger charge is -2.38. The Balaban J connectivity index is 1.27. The number of hydrogen-bond acceptors (Lipinski definition) is 17. The third-order valence-corrected chi connectivity index (χ3v) is 20.5. The molecule has 2 saturated heterocycles. The Hall–Kier alpha value is -6.01. The molecule has 5 rings (SSSR count). The lowest BCUT2D eigenvalue weighted by molar-refractivity contribution is -0.385. The van der Waals surface area contributed by atoms with Crippen molar-refractivity contribution in [1.29, 1.82) is 0 Å². The standard InChI is InChI=1S/C54H76N6O14S2Si/c1-34-23-38(32-61)58(30-34)49(62)41-26-45(69-11)47(28-43(41)57-52(65)74-53(4,5)6)71-21-16-14-15-20-70-46-27-42(56-51(64)72-22-19-36(3)75-76-48-18-17-37(29-55-48)60(66)67)40(25-44(46)68-10)50(63)59-31-35(2)24-39(59)33-73-77(12,13)54(7,8)9/h17-18,25-29,36,38-39,61H,1-2,14-16,19-24,30-33H2,3-13H3,(H,56,64)(H,57,65)/t36-,38+,39+/m1/s1. The quantitative estimate of drug-likeness (QED) is 0.0178. The van der Waals surface area contributed by atoms with Gasteiger partial charge in [-0.1, -0.05) is 62.8 Å². The molecule has 0 bridgehead atoms. The second-order valence-corrected chi connectivity index (χ2v) is 28.9. The molecule has 2 aliphatic rings. The van der Waals surface area contributed by atoms with E-state index in [0.29, 0.717) is 56.7 Å². The van der Waals surface area contributed by atoms with Crippen LogP contribution < -0.4 is 29.6 Å². The fourth-order valence-electron chi connectivity index (χ4n) is 7.93. The number of methoxy groups -OCH3 is 2. The molecule has 0 aliphatic carbocycles. The Labute approximate surface area is 461 Å². The van der Waals surface area contributed by atoms with Crippen LogP contribution in [0.15, 0.2) is 71.9 Å². The highest BCUT2D eigenvalue weighted by Gasteiger charge is 2.41. The van der Waals surface area contributed by atoms with Crippen molar-refractivity contribution in [2.24, 2.45) is 0 Å². The van der Waals surface area contributed by atoms with Crippen LogP contribution in [0.5, 0.6) is 23.0 Å². The first kappa shape index (κ1) is 61.8. The first-order chi connectivity index (χ1) is 36.2. The largest absolute Gasteiger partial charge is 0.493 e. The Bertz CT molecular complexity index is 2610. The molecule has 77 heavy (non-hydrogen) atoms. The average molecular weight is 1130 g/mol. The number of likely N-dealkylation sites (tertiary alicyclic amines) is 2. The van der Waals surface area contributed by atoms with E-state index in [1.54, 1.807) is 43.9 Å². The number of hydrogen-bond donors (Lipinski definition) is 3. The van der Waals surface area contributed by atoms with Crippen LogP contribution in [0.4, 0.5) is 26.7 Å². The Morgan fingerprint density at radius 2 is 1.35 bits per heavy atom. The number of rotatable bonds is 25. The van der Waals surface area contributed by atoms with Gasteiger partial charge in [-0.25, -0.2) is 14.6 Å². The Kier molecular flexibility index (Phi) is 22.1. The number of carbonyl (C=O) groups is 4. The molecule has 20 nitrogen and oxygen atoms in total. The van der Waals surface area contributed by atoms with Crippen LogP contribution in [-0.4, -0.2) is 140 Å². The van der Waals surface area contributed by atoms with Crippen molar-refractivity contribution in [2.75, 3.05) is 71.0 Å². The van der Waals surface area contributed by atoms with E-state index in [2.05, 4.69) is 62.6 Å². The van der Waals surface area contributed by atoms with E-state index in [0.717, 1.165) is 11.1 Å². The molecule has 2 fully saturated rings. The Morgan fingerprint density at radius 3 is 1.83 bits per heavy atom. The van der Waals surface area contributed by atoms with Crippen molar-refractivity contribution in [3.05, 3.63) is 88.1 Å². The maximum absolute atomic E-state index is 14.6. The molecule has 4 amide bonds. The summed E-state index contributed by atoms with van der Waals surface area (Å²) in [5.74, 6) is 0.328. The number of unbranched alkanes of at least 4 members (excludes halogenated alkanes) is 2. The van der Waals surface area contributed by atoms with E-state index in [1.807, 2.05) is 6.92 Å². The molecule has 2 aromatic carbocycles. The number of aliphatic hydroxyl groups is 1. The highest BCUT2D eigenvalue weighted by Crippen LogP contribution is 2.41. The lowest BCUT2D eigenvalue weighted by Crippen LogP contribution is -2.46. The summed E-state index contributed by atoms with van der Waals surface area (Å²) >= 11 is 0. The van der Waals surface area contributed by atoms with Gasteiger partial charge in [0.1, 0.15) is 16.8 Å². The maximum atomic E-state index is 14.6. The van der Waals surface area contributed by atoms with Crippen molar-refractivity contribution in [3.63, 3.8) is 0 Å². The van der Waals surface area contributed by atoms with Gasteiger partial charge < -0.3 is 47.8 Å². The molecule has 0 unspecified atom stereocenters. The Morgan fingerprint density at radius 1 is 0.818 bits per heavy atom. The topological polar surface area (TPSA) is 240 Å². The van der Waals surface area contributed by atoms with Gasteiger partial charge in [-0.2, -0.15) is 0 Å². The van der Waals surface area contributed by atoms with E-state index >= 15 is 0 Å². The summed E-state index contributed by atoms with van der Waals surface area (Å²) in [7, 11) is 3.60. The van der Waals surface area contributed by atoms with Crippen LogP contribution in [0.3, 0.4) is 0 Å². The first-order valence-corrected chi connectivity index (χ1v) is 30.6. The van der Waals surface area contributed by atoms with Gasteiger partial charge in [0.25, 0.3) is 17.5 Å². The zero-order valence-corrected chi connectivity index (χ0v) is 48.9. The SMILES string of the molecule is C=C1C[C@@H](CO[Si](C)(C)C(C)(C)C)N(C(=O)c2cc(OC)c(OCCCCCOc3cc(NC(=O)OC(C)(C)C)c(C(=O)N4CC(=C)C[C@H]4CO)cc3OC)cc2NC(=O)OCC[C@@H](C)SSc2ccc([N+](=O)[O-])cn2)C1. The van der Waals surface area contributed by atoms with Crippen LogP contribution >= 0.6 is 21.6 Å². The van der Waals surface area contributed by atoms with Crippen LogP contribution in [0, 0.1) is 10.1 Å². The van der Waals surface area contributed by atoms with E-state index in [9.17, 15) is 34.4 Å². The van der Waals surface area contributed by atoms with Crippen LogP contribution in [0.25, 0.3) is 0 Å². The van der Waals surface area contributed by atoms with E-state index in [1.165, 1.54) is 65.1 Å². The molecule has 1 aromatic heterocycles. The van der Waals surface area contributed by atoms with Gasteiger partial charge in [0.2, 0.25) is 0 Å². The number of carbonyl (C=O) groups excluding carboxylic acids is 4. The number of aliphatic hydroxyl groups excluding tert-OH is 1. The van der Waals surface area contributed by atoms with Gasteiger partial charge in [-0.15, -0.1) is 0 Å². The minimum Gasteiger partial charge on any atom is -0.493 e. The van der Waals surface area contributed by atoms with Gasteiger partial charge in [0, 0.05) is 36.5 Å². The molecule has 3 heterocycles. The van der Waals surface area contributed by atoms with Crippen LogP contribution in [0.1, 0.15) is 108 Å². The third kappa shape index (κ3) is 17.8. The summed E-state index contributed by atoms with van der Waals surface area (Å²) in [5.41, 5.74) is 1.38. The smallest absolute Gasteiger partial charge is 0.412 e. The van der Waals surface area contributed by atoms with E-state index in [4.69, 9.17) is 32.8 Å². The number of pyridine rings is 1. The second kappa shape index (κ2) is 27.5. The number of nitro groups is 1. The van der Waals surface area contributed by atoms with Crippen molar-refractivity contribution >= 4 is 71.0 Å². The molecular formula is C54H76N6O14S2Si. The summed E-state index contributed by atoms with van der Waals surface area (Å²) in [6.45, 7) is 27.3.